The van der Waals surface area contributed by atoms with Gasteiger partial charge in [-0.3, -0.25) is 4.79 Å². The molecule has 1 heterocycles. The summed E-state index contributed by atoms with van der Waals surface area (Å²) < 4.78 is 24.8. The number of hydrogen-bond acceptors (Lipinski definition) is 4. The highest BCUT2D eigenvalue weighted by atomic mass is 32.2. The number of carbonyl (C=O) groups excluding carboxylic acids is 1. The smallest absolute Gasteiger partial charge is 0.276 e. The van der Waals surface area contributed by atoms with E-state index >= 15 is 0 Å². The Morgan fingerprint density at radius 1 is 0.957 bits per heavy atom. The molecule has 0 bridgehead atoms. The van der Waals surface area contributed by atoms with E-state index in [9.17, 15) is 13.2 Å². The van der Waals surface area contributed by atoms with E-state index in [1.54, 1.807) is 30.3 Å². The van der Waals surface area contributed by atoms with Crippen LogP contribution in [0.4, 0.5) is 0 Å². The first kappa shape index (κ1) is 15.0. The Morgan fingerprint density at radius 2 is 1.57 bits per heavy atom. The summed E-state index contributed by atoms with van der Waals surface area (Å²) in [5.41, 5.74) is 1.36. The molecule has 0 amide bonds. The SMILES string of the molecule is O=Cc1cc(-c2ccccc2)n(NS(=O)(=O)c2ccccc2)n1. The van der Waals surface area contributed by atoms with Gasteiger partial charge in [0, 0.05) is 5.56 Å². The maximum Gasteiger partial charge on any atom is 0.276 e. The number of nitrogens with zero attached hydrogens (tertiary/aromatic N) is 2. The van der Waals surface area contributed by atoms with Crippen LogP contribution in [0.5, 0.6) is 0 Å². The Balaban J connectivity index is 2.04. The lowest BCUT2D eigenvalue weighted by molar-refractivity contribution is 0.111. The highest BCUT2D eigenvalue weighted by molar-refractivity contribution is 7.92. The number of rotatable bonds is 5. The molecule has 0 aliphatic carbocycles. The third kappa shape index (κ3) is 3.14. The van der Waals surface area contributed by atoms with E-state index in [4.69, 9.17) is 0 Å². The van der Waals surface area contributed by atoms with Crippen molar-refractivity contribution in [2.75, 3.05) is 4.83 Å². The molecule has 0 atom stereocenters. The van der Waals surface area contributed by atoms with Gasteiger partial charge in [-0.15, -0.1) is 5.10 Å². The van der Waals surface area contributed by atoms with Crippen LogP contribution in [-0.4, -0.2) is 24.6 Å². The molecule has 7 heteroatoms. The quantitative estimate of drug-likeness (QED) is 0.729. The zero-order valence-electron chi connectivity index (χ0n) is 12.0. The second-order valence-electron chi connectivity index (χ2n) is 4.76. The average molecular weight is 327 g/mol. The van der Waals surface area contributed by atoms with Crippen molar-refractivity contribution in [3.63, 3.8) is 0 Å². The summed E-state index contributed by atoms with van der Waals surface area (Å²) in [5.74, 6) is 0. The van der Waals surface area contributed by atoms with Crippen molar-refractivity contribution in [2.24, 2.45) is 0 Å². The van der Waals surface area contributed by atoms with Crippen molar-refractivity contribution in [2.45, 2.75) is 4.90 Å². The van der Waals surface area contributed by atoms with Gasteiger partial charge in [0.1, 0.15) is 5.69 Å². The zero-order chi connectivity index (χ0) is 16.3. The Hall–Kier alpha value is -2.93. The van der Waals surface area contributed by atoms with Crippen molar-refractivity contribution in [3.05, 3.63) is 72.4 Å². The van der Waals surface area contributed by atoms with Crippen LogP contribution in [0.25, 0.3) is 11.3 Å². The third-order valence-corrected chi connectivity index (χ3v) is 4.48. The van der Waals surface area contributed by atoms with Gasteiger partial charge >= 0.3 is 0 Å². The molecular formula is C16H13N3O3S. The van der Waals surface area contributed by atoms with Crippen molar-refractivity contribution in [1.29, 1.82) is 0 Å². The number of hydrogen-bond donors (Lipinski definition) is 1. The Morgan fingerprint density at radius 3 is 2.17 bits per heavy atom. The molecule has 3 aromatic rings. The number of nitrogens with one attached hydrogen (secondary N) is 1. The van der Waals surface area contributed by atoms with Crippen LogP contribution in [0, 0.1) is 0 Å². The first-order valence-corrected chi connectivity index (χ1v) is 8.27. The van der Waals surface area contributed by atoms with E-state index in [-0.39, 0.29) is 10.6 Å². The number of carbonyl (C=O) groups is 1. The molecular weight excluding hydrogens is 314 g/mol. The van der Waals surface area contributed by atoms with E-state index in [2.05, 4.69) is 9.93 Å². The summed E-state index contributed by atoms with van der Waals surface area (Å²) >= 11 is 0. The maximum atomic E-state index is 12.4. The molecule has 0 radical (unpaired) electrons. The molecule has 0 fully saturated rings. The number of aldehydes is 1. The minimum absolute atomic E-state index is 0.113. The van der Waals surface area contributed by atoms with Gasteiger partial charge in [-0.1, -0.05) is 48.5 Å². The van der Waals surface area contributed by atoms with Crippen molar-refractivity contribution in [1.82, 2.24) is 9.89 Å². The summed E-state index contributed by atoms with van der Waals surface area (Å²) in [4.78, 5) is 14.6. The summed E-state index contributed by atoms with van der Waals surface area (Å²) in [6.07, 6.45) is 0.569. The van der Waals surface area contributed by atoms with Gasteiger partial charge in [-0.05, 0) is 18.2 Å². The molecule has 0 unspecified atom stereocenters. The normalized spacial score (nSPS) is 11.1. The molecule has 0 saturated carbocycles. The average Bonchev–Trinajstić information content (AvgIpc) is 2.99. The molecule has 0 saturated heterocycles. The first-order chi connectivity index (χ1) is 11.1. The third-order valence-electron chi connectivity index (χ3n) is 3.18. The maximum absolute atomic E-state index is 12.4. The van der Waals surface area contributed by atoms with Crippen LogP contribution >= 0.6 is 0 Å². The van der Waals surface area contributed by atoms with Crippen molar-refractivity contribution in [3.8, 4) is 11.3 Å². The van der Waals surface area contributed by atoms with Gasteiger partial charge in [0.15, 0.2) is 6.29 Å². The van der Waals surface area contributed by atoms with Gasteiger partial charge in [-0.25, -0.2) is 0 Å². The second kappa shape index (κ2) is 6.05. The van der Waals surface area contributed by atoms with Crippen LogP contribution in [0.15, 0.2) is 71.6 Å². The predicted octanol–water partition coefficient (Wildman–Crippen LogP) is 2.29. The molecule has 1 N–H and O–H groups in total. The molecule has 23 heavy (non-hydrogen) atoms. The standard InChI is InChI=1S/C16H13N3O3S/c20-12-14-11-16(13-7-3-1-4-8-13)19(17-14)18-23(21,22)15-9-5-2-6-10-15/h1-12,18H. The number of benzene rings is 2. The zero-order valence-corrected chi connectivity index (χ0v) is 12.8. The fraction of sp³-hybridized carbons (Fsp3) is 0. The van der Waals surface area contributed by atoms with Gasteiger partial charge in [-0.2, -0.15) is 18.0 Å². The summed E-state index contributed by atoms with van der Waals surface area (Å²) in [5, 5.41) is 3.97. The van der Waals surface area contributed by atoms with Gasteiger partial charge in [0.2, 0.25) is 0 Å². The molecule has 116 valence electrons. The lowest BCUT2D eigenvalue weighted by atomic mass is 10.1. The van der Waals surface area contributed by atoms with Crippen LogP contribution in [0.3, 0.4) is 0 Å². The van der Waals surface area contributed by atoms with Gasteiger partial charge in [0.05, 0.1) is 10.6 Å². The second-order valence-corrected chi connectivity index (χ2v) is 6.42. The molecule has 6 nitrogen and oxygen atoms in total. The van der Waals surface area contributed by atoms with E-state index in [0.717, 1.165) is 10.4 Å². The summed E-state index contributed by atoms with van der Waals surface area (Å²) in [6.45, 7) is 0. The summed E-state index contributed by atoms with van der Waals surface area (Å²) in [6, 6.07) is 18.6. The summed E-state index contributed by atoms with van der Waals surface area (Å²) in [7, 11) is -3.80. The lowest BCUT2D eigenvalue weighted by Gasteiger charge is -2.11. The van der Waals surface area contributed by atoms with Gasteiger partial charge < -0.3 is 0 Å². The Bertz CT molecular complexity index is 920. The van der Waals surface area contributed by atoms with E-state index in [1.165, 1.54) is 18.2 Å². The van der Waals surface area contributed by atoms with Crippen molar-refractivity contribution >= 4 is 16.3 Å². The molecule has 2 aromatic carbocycles. The number of aromatic nitrogens is 2. The Kier molecular flexibility index (Phi) is 3.94. The fourth-order valence-corrected chi connectivity index (χ4v) is 3.10. The van der Waals surface area contributed by atoms with Gasteiger partial charge in [0.25, 0.3) is 10.0 Å². The van der Waals surface area contributed by atoms with Crippen LogP contribution in [0.2, 0.25) is 0 Å². The van der Waals surface area contributed by atoms with E-state index in [1.807, 2.05) is 18.2 Å². The number of sulfonamides is 1. The highest BCUT2D eigenvalue weighted by Crippen LogP contribution is 2.20. The Labute approximate surface area is 133 Å². The molecule has 0 aliphatic heterocycles. The molecule has 3 rings (SSSR count). The van der Waals surface area contributed by atoms with E-state index in [0.29, 0.717) is 12.0 Å². The van der Waals surface area contributed by atoms with Crippen LogP contribution in [0.1, 0.15) is 10.5 Å². The van der Waals surface area contributed by atoms with Crippen LogP contribution < -0.4 is 4.83 Å². The molecule has 0 spiro atoms. The topological polar surface area (TPSA) is 81.1 Å². The fourth-order valence-electron chi connectivity index (χ4n) is 2.11. The molecule has 0 aliphatic rings. The highest BCUT2D eigenvalue weighted by Gasteiger charge is 2.17. The minimum atomic E-state index is -3.80. The predicted molar refractivity (Wildman–Crippen MR) is 86.0 cm³/mol. The minimum Gasteiger partial charge on any atom is -0.296 e. The largest absolute Gasteiger partial charge is 0.296 e. The molecule has 1 aromatic heterocycles. The van der Waals surface area contributed by atoms with E-state index < -0.39 is 10.0 Å². The first-order valence-electron chi connectivity index (χ1n) is 6.79. The van der Waals surface area contributed by atoms with Crippen LogP contribution in [-0.2, 0) is 10.0 Å². The lowest BCUT2D eigenvalue weighted by Crippen LogP contribution is -2.25. The monoisotopic (exact) mass is 327 g/mol. The van der Waals surface area contributed by atoms with Crippen molar-refractivity contribution < 1.29 is 13.2 Å².